The molecule has 0 heteroatoms. The Morgan fingerprint density at radius 3 is 1.86 bits per heavy atom. The molecule has 104 valence electrons. The third-order valence-electron chi connectivity index (χ3n) is 6.66. The van der Waals surface area contributed by atoms with E-state index in [1.54, 1.807) is 33.4 Å². The highest BCUT2D eigenvalue weighted by molar-refractivity contribution is 5.68. The molecule has 0 amide bonds. The van der Waals surface area contributed by atoms with Crippen molar-refractivity contribution in [2.24, 2.45) is 0 Å². The molecule has 0 N–H and O–H groups in total. The van der Waals surface area contributed by atoms with Crippen LogP contribution in [0.4, 0.5) is 0 Å². The van der Waals surface area contributed by atoms with Gasteiger partial charge < -0.3 is 0 Å². The fourth-order valence-corrected chi connectivity index (χ4v) is 6.01. The minimum absolute atomic E-state index is 0.614. The average molecular weight is 272 g/mol. The van der Waals surface area contributed by atoms with Crippen LogP contribution in [0.5, 0.6) is 0 Å². The molecule has 4 bridgehead atoms. The maximum absolute atomic E-state index is 2.50. The quantitative estimate of drug-likeness (QED) is 0.571. The Kier molecular flexibility index (Phi) is 1.81. The van der Waals surface area contributed by atoms with E-state index in [-0.39, 0.29) is 0 Å². The molecule has 6 rings (SSSR count). The van der Waals surface area contributed by atoms with Gasteiger partial charge >= 0.3 is 0 Å². The van der Waals surface area contributed by atoms with E-state index in [4.69, 9.17) is 0 Å². The Morgan fingerprint density at radius 2 is 1.19 bits per heavy atom. The van der Waals surface area contributed by atoms with Gasteiger partial charge in [-0.1, -0.05) is 43.4 Å². The summed E-state index contributed by atoms with van der Waals surface area (Å²) in [5.41, 5.74) is 10.5. The molecule has 0 aromatic heterocycles. The molecule has 5 atom stereocenters. The van der Waals surface area contributed by atoms with E-state index in [0.717, 1.165) is 23.7 Å². The molecule has 0 aliphatic heterocycles. The normalized spacial score (nSPS) is 39.0. The zero-order valence-electron chi connectivity index (χ0n) is 12.5. The van der Waals surface area contributed by atoms with Crippen LogP contribution in [0.15, 0.2) is 36.5 Å². The summed E-state index contributed by atoms with van der Waals surface area (Å²) in [6.45, 7) is 2.40. The van der Waals surface area contributed by atoms with Crippen molar-refractivity contribution in [3.63, 3.8) is 0 Å². The Hall–Kier alpha value is -1.56. The maximum Gasteiger partial charge on any atom is 0.00331 e. The summed E-state index contributed by atoms with van der Waals surface area (Å²) in [6.07, 6.45) is 18.7. The van der Waals surface area contributed by atoms with Crippen LogP contribution in [0, 0.1) is 0 Å². The Bertz CT molecular complexity index is 756. The largest absolute Gasteiger partial charge is 0.0835 e. The molecule has 5 unspecified atom stereocenters. The Morgan fingerprint density at radius 1 is 0.667 bits per heavy atom. The van der Waals surface area contributed by atoms with Crippen LogP contribution < -0.4 is 0 Å². The number of rotatable bonds is 0. The smallest absolute Gasteiger partial charge is 0.00331 e. The van der Waals surface area contributed by atoms with Crippen LogP contribution in [-0.4, -0.2) is 0 Å². The zero-order chi connectivity index (χ0) is 13.7. The molecule has 1 aromatic carbocycles. The minimum atomic E-state index is 0.614. The Labute approximate surface area is 126 Å². The SMILES string of the molecule is CC1C=CCc2c1c1c(c3c2C2C=CC3C2)C2C=CC1C2. The van der Waals surface area contributed by atoms with Gasteiger partial charge in [-0.05, 0) is 58.6 Å². The van der Waals surface area contributed by atoms with Crippen molar-refractivity contribution in [2.45, 2.75) is 55.8 Å². The third kappa shape index (κ3) is 1.13. The molecular formula is C21H20. The predicted molar refractivity (Wildman–Crippen MR) is 86.2 cm³/mol. The van der Waals surface area contributed by atoms with Crippen LogP contribution >= 0.6 is 0 Å². The van der Waals surface area contributed by atoms with Crippen LogP contribution in [-0.2, 0) is 6.42 Å². The van der Waals surface area contributed by atoms with Crippen molar-refractivity contribution >= 4 is 0 Å². The first-order valence-corrected chi connectivity index (χ1v) is 8.58. The molecule has 0 saturated heterocycles. The standard InChI is InChI=1S/C21H20/c1-11-3-2-4-16-17(11)19-13-7-8-15(10-13)21(19)20-14-6-5-12(9-14)18(16)20/h2-3,5-8,11-15H,4,9-10H2,1H3. The summed E-state index contributed by atoms with van der Waals surface area (Å²) < 4.78 is 0. The first-order chi connectivity index (χ1) is 10.3. The summed E-state index contributed by atoms with van der Waals surface area (Å²) >= 11 is 0. The number of benzene rings is 1. The van der Waals surface area contributed by atoms with Crippen molar-refractivity contribution in [3.8, 4) is 0 Å². The zero-order valence-corrected chi connectivity index (χ0v) is 12.5. The first-order valence-electron chi connectivity index (χ1n) is 8.58. The monoisotopic (exact) mass is 272 g/mol. The van der Waals surface area contributed by atoms with Crippen molar-refractivity contribution in [1.29, 1.82) is 0 Å². The van der Waals surface area contributed by atoms with Gasteiger partial charge in [-0.25, -0.2) is 0 Å². The topological polar surface area (TPSA) is 0 Å². The number of hydrogen-bond donors (Lipinski definition) is 0. The molecule has 1 aromatic rings. The van der Waals surface area contributed by atoms with Gasteiger partial charge in [0.25, 0.3) is 0 Å². The van der Waals surface area contributed by atoms with E-state index >= 15 is 0 Å². The molecule has 0 heterocycles. The van der Waals surface area contributed by atoms with E-state index in [2.05, 4.69) is 43.4 Å². The average Bonchev–Trinajstić information content (AvgIpc) is 3.26. The fourth-order valence-electron chi connectivity index (χ4n) is 6.01. The summed E-state index contributed by atoms with van der Waals surface area (Å²) in [4.78, 5) is 0. The molecule has 0 saturated carbocycles. The van der Waals surface area contributed by atoms with Crippen molar-refractivity contribution in [1.82, 2.24) is 0 Å². The number of fused-ring (bicyclic) bond motifs is 14. The van der Waals surface area contributed by atoms with E-state index in [1.165, 1.54) is 19.3 Å². The summed E-state index contributed by atoms with van der Waals surface area (Å²) in [6, 6.07) is 0. The highest BCUT2D eigenvalue weighted by Gasteiger charge is 2.45. The minimum Gasteiger partial charge on any atom is -0.0835 e. The fraction of sp³-hybridized carbons (Fsp3) is 0.429. The lowest BCUT2D eigenvalue weighted by Crippen LogP contribution is -2.15. The Balaban J connectivity index is 1.77. The van der Waals surface area contributed by atoms with Gasteiger partial charge in [-0.15, -0.1) is 0 Å². The van der Waals surface area contributed by atoms with E-state index in [9.17, 15) is 0 Å². The molecule has 21 heavy (non-hydrogen) atoms. The van der Waals surface area contributed by atoms with Gasteiger partial charge in [0.15, 0.2) is 0 Å². The van der Waals surface area contributed by atoms with E-state index < -0.39 is 0 Å². The first kappa shape index (κ1) is 11.1. The van der Waals surface area contributed by atoms with Crippen molar-refractivity contribution in [3.05, 3.63) is 69.8 Å². The molecule has 0 spiro atoms. The molecule has 0 fully saturated rings. The summed E-state index contributed by atoms with van der Waals surface area (Å²) in [5.74, 6) is 3.53. The lowest BCUT2D eigenvalue weighted by molar-refractivity contribution is 0.773. The predicted octanol–water partition coefficient (Wildman–Crippen LogP) is 5.18. The maximum atomic E-state index is 2.50. The second kappa shape index (κ2) is 3.43. The molecule has 0 nitrogen and oxygen atoms in total. The van der Waals surface area contributed by atoms with Gasteiger partial charge in [0.05, 0.1) is 0 Å². The molecule has 5 aliphatic rings. The van der Waals surface area contributed by atoms with Crippen LogP contribution in [0.3, 0.4) is 0 Å². The van der Waals surface area contributed by atoms with Gasteiger partial charge in [0.1, 0.15) is 0 Å². The van der Waals surface area contributed by atoms with Crippen LogP contribution in [0.2, 0.25) is 0 Å². The second-order valence-electron chi connectivity index (χ2n) is 7.64. The van der Waals surface area contributed by atoms with Crippen LogP contribution in [0.25, 0.3) is 0 Å². The molecule has 5 aliphatic carbocycles. The molecule has 0 radical (unpaired) electrons. The van der Waals surface area contributed by atoms with E-state index in [1.807, 2.05) is 0 Å². The summed E-state index contributed by atoms with van der Waals surface area (Å²) in [7, 11) is 0. The lowest BCUT2D eigenvalue weighted by atomic mass is 9.73. The second-order valence-corrected chi connectivity index (χ2v) is 7.64. The van der Waals surface area contributed by atoms with Crippen molar-refractivity contribution < 1.29 is 0 Å². The number of allylic oxidation sites excluding steroid dienone is 6. The van der Waals surface area contributed by atoms with Gasteiger partial charge in [-0.2, -0.15) is 0 Å². The molecular weight excluding hydrogens is 252 g/mol. The van der Waals surface area contributed by atoms with Crippen molar-refractivity contribution in [2.75, 3.05) is 0 Å². The van der Waals surface area contributed by atoms with Gasteiger partial charge in [-0.3, -0.25) is 0 Å². The van der Waals surface area contributed by atoms with Crippen LogP contribution in [0.1, 0.15) is 82.7 Å². The third-order valence-corrected chi connectivity index (χ3v) is 6.66. The highest BCUT2D eigenvalue weighted by Crippen LogP contribution is 2.61. The number of hydrogen-bond acceptors (Lipinski definition) is 0. The summed E-state index contributed by atoms with van der Waals surface area (Å²) in [5, 5.41) is 0. The van der Waals surface area contributed by atoms with E-state index in [0.29, 0.717) is 5.92 Å². The highest BCUT2D eigenvalue weighted by atomic mass is 14.5. The lowest BCUT2D eigenvalue weighted by Gasteiger charge is -2.31. The van der Waals surface area contributed by atoms with Gasteiger partial charge in [0, 0.05) is 23.7 Å². The van der Waals surface area contributed by atoms with Gasteiger partial charge in [0.2, 0.25) is 0 Å².